The Morgan fingerprint density at radius 2 is 1.86 bits per heavy atom. The fourth-order valence-corrected chi connectivity index (χ4v) is 1.94. The lowest BCUT2D eigenvalue weighted by atomic mass is 10.1. The van der Waals surface area contributed by atoms with Crippen molar-refractivity contribution in [3.05, 3.63) is 29.8 Å². The molecular formula is C14H20F3NO3. The van der Waals surface area contributed by atoms with E-state index in [0.717, 1.165) is 6.42 Å². The summed E-state index contributed by atoms with van der Waals surface area (Å²) in [7, 11) is 2.95. The van der Waals surface area contributed by atoms with Crippen LogP contribution < -0.4 is 10.1 Å². The van der Waals surface area contributed by atoms with E-state index >= 15 is 0 Å². The molecule has 0 spiro atoms. The Kier molecular flexibility index (Phi) is 6.94. The molecule has 1 unspecified atom stereocenters. The maximum atomic E-state index is 12.3. The highest BCUT2D eigenvalue weighted by molar-refractivity contribution is 5.31. The summed E-state index contributed by atoms with van der Waals surface area (Å²) in [4.78, 5) is 0. The molecule has 7 heteroatoms. The van der Waals surface area contributed by atoms with Gasteiger partial charge in [-0.2, -0.15) is 0 Å². The quantitative estimate of drug-likeness (QED) is 0.748. The average molecular weight is 307 g/mol. The van der Waals surface area contributed by atoms with E-state index in [1.807, 2.05) is 6.92 Å². The molecule has 0 saturated carbocycles. The van der Waals surface area contributed by atoms with Gasteiger partial charge in [0.2, 0.25) is 0 Å². The summed E-state index contributed by atoms with van der Waals surface area (Å²) >= 11 is 0. The zero-order valence-corrected chi connectivity index (χ0v) is 12.2. The van der Waals surface area contributed by atoms with Gasteiger partial charge < -0.3 is 19.5 Å². The normalized spacial score (nSPS) is 13.5. The minimum Gasteiger partial charge on any atom is -0.406 e. The van der Waals surface area contributed by atoms with Crippen molar-refractivity contribution in [2.45, 2.75) is 32.0 Å². The third-order valence-corrected chi connectivity index (χ3v) is 2.80. The van der Waals surface area contributed by atoms with Gasteiger partial charge in [-0.15, -0.1) is 13.2 Å². The molecule has 4 nitrogen and oxygen atoms in total. The number of ether oxygens (including phenoxy) is 3. The van der Waals surface area contributed by atoms with Crippen molar-refractivity contribution in [1.82, 2.24) is 5.32 Å². The molecule has 0 aliphatic heterocycles. The topological polar surface area (TPSA) is 39.7 Å². The molecule has 1 aromatic carbocycles. The lowest BCUT2D eigenvalue weighted by molar-refractivity contribution is -0.274. The molecule has 1 N–H and O–H groups in total. The molecule has 0 aliphatic rings. The van der Waals surface area contributed by atoms with Crippen molar-refractivity contribution < 1.29 is 27.4 Å². The first-order chi connectivity index (χ1) is 9.91. The Labute approximate surface area is 122 Å². The molecule has 120 valence electrons. The van der Waals surface area contributed by atoms with Gasteiger partial charge in [0.15, 0.2) is 6.29 Å². The van der Waals surface area contributed by atoms with Gasteiger partial charge in [0.1, 0.15) is 5.75 Å². The number of benzene rings is 1. The lowest BCUT2D eigenvalue weighted by Crippen LogP contribution is -2.35. The molecule has 0 bridgehead atoms. The Morgan fingerprint density at radius 3 is 2.38 bits per heavy atom. The standard InChI is InChI=1S/C14H20F3NO3/c1-4-8-18-12(13(19-2)20-3)10-6-5-7-11(9-10)21-14(15,16)17/h5-7,9,12-13,18H,4,8H2,1-3H3. The summed E-state index contributed by atoms with van der Waals surface area (Å²) < 4.78 is 51.2. The molecular weight excluding hydrogens is 287 g/mol. The van der Waals surface area contributed by atoms with Gasteiger partial charge in [0, 0.05) is 14.2 Å². The molecule has 0 saturated heterocycles. The largest absolute Gasteiger partial charge is 0.573 e. The van der Waals surface area contributed by atoms with Crippen LogP contribution in [-0.4, -0.2) is 33.4 Å². The summed E-state index contributed by atoms with van der Waals surface area (Å²) in [6.45, 7) is 2.67. The molecule has 1 aromatic rings. The predicted octanol–water partition coefficient (Wildman–Crippen LogP) is 3.24. The lowest BCUT2D eigenvalue weighted by Gasteiger charge is -2.26. The van der Waals surface area contributed by atoms with E-state index < -0.39 is 18.7 Å². The average Bonchev–Trinajstić information content (AvgIpc) is 2.42. The van der Waals surface area contributed by atoms with Gasteiger partial charge in [-0.3, -0.25) is 0 Å². The molecule has 0 fully saturated rings. The summed E-state index contributed by atoms with van der Waals surface area (Å²) in [5.41, 5.74) is 0.596. The predicted molar refractivity (Wildman–Crippen MR) is 72.0 cm³/mol. The monoisotopic (exact) mass is 307 g/mol. The van der Waals surface area contributed by atoms with Gasteiger partial charge in [0.25, 0.3) is 0 Å². The minimum absolute atomic E-state index is 0.269. The van der Waals surface area contributed by atoms with Gasteiger partial charge in [-0.1, -0.05) is 19.1 Å². The van der Waals surface area contributed by atoms with Gasteiger partial charge >= 0.3 is 6.36 Å². The van der Waals surface area contributed by atoms with Crippen LogP contribution in [-0.2, 0) is 9.47 Å². The molecule has 21 heavy (non-hydrogen) atoms. The SMILES string of the molecule is CCCNC(c1cccc(OC(F)(F)F)c1)C(OC)OC. The molecule has 1 atom stereocenters. The molecule has 0 aromatic heterocycles. The number of rotatable bonds is 8. The van der Waals surface area contributed by atoms with E-state index in [1.54, 1.807) is 6.07 Å². The van der Waals surface area contributed by atoms with E-state index in [1.165, 1.54) is 32.4 Å². The van der Waals surface area contributed by atoms with Crippen molar-refractivity contribution >= 4 is 0 Å². The first kappa shape index (κ1) is 17.7. The van der Waals surface area contributed by atoms with Crippen molar-refractivity contribution in [1.29, 1.82) is 0 Å². The first-order valence-corrected chi connectivity index (χ1v) is 6.56. The molecule has 1 rings (SSSR count). The van der Waals surface area contributed by atoms with Gasteiger partial charge in [-0.05, 0) is 30.7 Å². The number of nitrogens with one attached hydrogen (secondary N) is 1. The van der Waals surface area contributed by atoms with Crippen LogP contribution in [0.15, 0.2) is 24.3 Å². The Morgan fingerprint density at radius 1 is 1.19 bits per heavy atom. The third kappa shape index (κ3) is 5.91. The second-order valence-electron chi connectivity index (χ2n) is 4.39. The Bertz CT molecular complexity index is 422. The third-order valence-electron chi connectivity index (χ3n) is 2.80. The van der Waals surface area contributed by atoms with Crippen molar-refractivity contribution in [2.24, 2.45) is 0 Å². The van der Waals surface area contributed by atoms with Crippen LogP contribution in [0.1, 0.15) is 24.9 Å². The minimum atomic E-state index is -4.72. The van der Waals surface area contributed by atoms with Gasteiger partial charge in [-0.25, -0.2) is 0 Å². The van der Waals surface area contributed by atoms with Crippen LogP contribution in [0.4, 0.5) is 13.2 Å². The van der Waals surface area contributed by atoms with E-state index in [4.69, 9.17) is 9.47 Å². The van der Waals surface area contributed by atoms with Crippen molar-refractivity contribution in [3.63, 3.8) is 0 Å². The zero-order valence-electron chi connectivity index (χ0n) is 12.2. The molecule has 0 amide bonds. The maximum Gasteiger partial charge on any atom is 0.573 e. The van der Waals surface area contributed by atoms with Crippen LogP contribution >= 0.6 is 0 Å². The number of halogens is 3. The highest BCUT2D eigenvalue weighted by Gasteiger charge is 2.31. The number of hydrogen-bond donors (Lipinski definition) is 1. The number of hydrogen-bond acceptors (Lipinski definition) is 4. The fourth-order valence-electron chi connectivity index (χ4n) is 1.94. The molecule has 0 heterocycles. The summed E-state index contributed by atoms with van der Waals surface area (Å²) in [6.07, 6.45) is -4.46. The van der Waals surface area contributed by atoms with E-state index in [9.17, 15) is 13.2 Å². The fraction of sp³-hybridized carbons (Fsp3) is 0.571. The Hall–Kier alpha value is -1.31. The number of methoxy groups -OCH3 is 2. The summed E-state index contributed by atoms with van der Waals surface area (Å²) in [5.74, 6) is -0.269. The van der Waals surface area contributed by atoms with E-state index in [-0.39, 0.29) is 5.75 Å². The van der Waals surface area contributed by atoms with E-state index in [0.29, 0.717) is 12.1 Å². The summed E-state index contributed by atoms with van der Waals surface area (Å²) in [6, 6.07) is 5.38. The van der Waals surface area contributed by atoms with Crippen molar-refractivity contribution in [2.75, 3.05) is 20.8 Å². The Balaban J connectivity index is 2.98. The highest BCUT2D eigenvalue weighted by atomic mass is 19.4. The first-order valence-electron chi connectivity index (χ1n) is 6.56. The maximum absolute atomic E-state index is 12.3. The second-order valence-corrected chi connectivity index (χ2v) is 4.39. The zero-order chi connectivity index (χ0) is 15.9. The summed E-state index contributed by atoms with van der Waals surface area (Å²) in [5, 5.41) is 3.19. The molecule has 0 radical (unpaired) electrons. The number of alkyl halides is 3. The highest BCUT2D eigenvalue weighted by Crippen LogP contribution is 2.27. The molecule has 0 aliphatic carbocycles. The van der Waals surface area contributed by atoms with Crippen LogP contribution in [0.25, 0.3) is 0 Å². The van der Waals surface area contributed by atoms with Crippen LogP contribution in [0.2, 0.25) is 0 Å². The van der Waals surface area contributed by atoms with Crippen LogP contribution in [0, 0.1) is 0 Å². The van der Waals surface area contributed by atoms with Crippen molar-refractivity contribution in [3.8, 4) is 5.75 Å². The van der Waals surface area contributed by atoms with E-state index in [2.05, 4.69) is 10.1 Å². The van der Waals surface area contributed by atoms with Gasteiger partial charge in [0.05, 0.1) is 6.04 Å². The van der Waals surface area contributed by atoms with Crippen LogP contribution in [0.5, 0.6) is 5.75 Å². The second kappa shape index (κ2) is 8.21. The van der Waals surface area contributed by atoms with Crippen LogP contribution in [0.3, 0.4) is 0 Å². The smallest absolute Gasteiger partial charge is 0.406 e.